The lowest BCUT2D eigenvalue weighted by Crippen LogP contribution is -2.35. The maximum Gasteiger partial charge on any atom is 0.276 e. The molecule has 23 nitrogen and oxygen atoms in total. The zero-order valence-corrected chi connectivity index (χ0v) is 26.6. The Labute approximate surface area is 276 Å². The molecular weight excluding hydrogens is 682 g/mol. The Morgan fingerprint density at radius 3 is 1.67 bits per heavy atom. The number of amides is 4. The number of aromatic amines is 4. The Bertz CT molecular complexity index is 1780. The number of hydrogen-bond donors (Lipinski definition) is 10. The Hall–Kier alpha value is -5.21. The van der Waals surface area contributed by atoms with E-state index in [-0.39, 0.29) is 53.8 Å². The van der Waals surface area contributed by atoms with Gasteiger partial charge in [0, 0.05) is 24.6 Å². The summed E-state index contributed by atoms with van der Waals surface area (Å²) < 4.78 is 0. The number of imidazole rings is 2. The van der Waals surface area contributed by atoms with E-state index in [0.29, 0.717) is 62.3 Å². The minimum Gasteiger partial charge on any atom is -0.354 e. The molecule has 260 valence electrons. The van der Waals surface area contributed by atoms with Crippen molar-refractivity contribution in [1.29, 1.82) is 0 Å². The molecule has 0 radical (unpaired) electrons. The quantitative estimate of drug-likeness (QED) is 0.0181. The van der Waals surface area contributed by atoms with Crippen LogP contribution in [0.4, 0.5) is 0 Å². The number of fused-ring (bicyclic) bond motifs is 2. The Kier molecular flexibility index (Phi) is 16.9. The lowest BCUT2D eigenvalue weighted by molar-refractivity contribution is -0.155. The van der Waals surface area contributed by atoms with Gasteiger partial charge in [0.25, 0.3) is 11.1 Å². The average molecular weight is 714 g/mol. The normalized spacial score (nSPS) is 10.2. The summed E-state index contributed by atoms with van der Waals surface area (Å²) in [5, 5.41) is 32.1. The van der Waals surface area contributed by atoms with Crippen LogP contribution in [0.2, 0.25) is 0 Å². The Morgan fingerprint density at radius 2 is 1.27 bits per heavy atom. The summed E-state index contributed by atoms with van der Waals surface area (Å²) >= 11 is 2.66. The van der Waals surface area contributed by atoms with Crippen LogP contribution in [0.3, 0.4) is 0 Å². The first-order valence-electron chi connectivity index (χ1n) is 13.3. The predicted molar refractivity (Wildman–Crippen MR) is 166 cm³/mol. The molecule has 0 atom stereocenters. The Morgan fingerprint density at radius 1 is 0.812 bits per heavy atom. The van der Waals surface area contributed by atoms with Gasteiger partial charge in [-0.05, 0) is 6.92 Å². The molecule has 0 saturated heterocycles. The molecule has 0 spiro atoms. The molecule has 0 unspecified atom stereocenters. The van der Waals surface area contributed by atoms with Crippen LogP contribution in [0, 0.1) is 0 Å². The molecule has 4 heterocycles. The fourth-order valence-corrected chi connectivity index (χ4v) is 4.54. The van der Waals surface area contributed by atoms with E-state index in [0.717, 1.165) is 0 Å². The van der Waals surface area contributed by atoms with Crippen molar-refractivity contribution in [3.8, 4) is 0 Å². The van der Waals surface area contributed by atoms with Crippen molar-refractivity contribution in [3.05, 3.63) is 33.4 Å². The summed E-state index contributed by atoms with van der Waals surface area (Å²) in [6.07, 6.45) is 2.89. The van der Waals surface area contributed by atoms with Crippen LogP contribution in [-0.2, 0) is 24.0 Å². The zero-order valence-electron chi connectivity index (χ0n) is 25.0. The molecule has 0 saturated carbocycles. The number of nitrogens with one attached hydrogen (secondary N) is 7. The smallest absolute Gasteiger partial charge is 0.276 e. The van der Waals surface area contributed by atoms with Crippen molar-refractivity contribution in [2.75, 3.05) is 44.2 Å². The third kappa shape index (κ3) is 14.1. The number of carbonyl (C=O) groups is 5. The first kappa shape index (κ1) is 39.0. The number of rotatable bonds is 16. The largest absolute Gasteiger partial charge is 0.354 e. The van der Waals surface area contributed by atoms with Crippen molar-refractivity contribution in [2.45, 2.75) is 17.2 Å². The number of Topliss-reactive ketones (excluding diaryl/α,β-unsaturated/α-hetero) is 1. The minimum absolute atomic E-state index is 0.144. The van der Waals surface area contributed by atoms with Crippen molar-refractivity contribution >= 4 is 76.3 Å². The molecule has 25 heteroatoms. The fourth-order valence-electron chi connectivity index (χ4n) is 3.09. The van der Waals surface area contributed by atoms with Gasteiger partial charge in [0.1, 0.15) is 13.1 Å². The molecule has 0 aliphatic heterocycles. The van der Waals surface area contributed by atoms with Gasteiger partial charge in [0.15, 0.2) is 38.4 Å². The van der Waals surface area contributed by atoms with E-state index in [9.17, 15) is 33.6 Å². The SMILES string of the molecule is CC(=O)CN(O)C=O.O=C(CNO)NCCSc1nc2nc[nH]c(=O)c2[nH]1.O=CN(O)CC(=O)NCCSc1nc2nc[nH]c(=O)c2[nH]1. The van der Waals surface area contributed by atoms with Gasteiger partial charge in [-0.15, -0.1) is 0 Å². The third-order valence-corrected chi connectivity index (χ3v) is 6.79. The number of hydroxylamine groups is 5. The molecular formula is C23H31N13O10S2. The van der Waals surface area contributed by atoms with Gasteiger partial charge in [-0.2, -0.15) is 5.48 Å². The van der Waals surface area contributed by atoms with Crippen molar-refractivity contribution in [1.82, 2.24) is 66.1 Å². The second-order valence-corrected chi connectivity index (χ2v) is 11.0. The molecule has 48 heavy (non-hydrogen) atoms. The van der Waals surface area contributed by atoms with Gasteiger partial charge < -0.3 is 35.8 Å². The van der Waals surface area contributed by atoms with E-state index in [1.807, 2.05) is 0 Å². The third-order valence-electron chi connectivity index (χ3n) is 5.04. The van der Waals surface area contributed by atoms with Crippen LogP contribution >= 0.6 is 23.5 Å². The highest BCUT2D eigenvalue weighted by Gasteiger charge is 2.09. The second kappa shape index (κ2) is 20.8. The van der Waals surface area contributed by atoms with Crippen molar-refractivity contribution in [3.63, 3.8) is 0 Å². The topological polar surface area (TPSA) is 337 Å². The second-order valence-electron chi connectivity index (χ2n) is 8.78. The summed E-state index contributed by atoms with van der Waals surface area (Å²) in [5.74, 6) is 0.0450. The van der Waals surface area contributed by atoms with Crippen LogP contribution in [-0.4, -0.2) is 140 Å². The number of carbonyl (C=O) groups excluding carboxylic acids is 5. The lowest BCUT2D eigenvalue weighted by Gasteiger charge is -2.08. The predicted octanol–water partition coefficient (Wildman–Crippen LogP) is -3.04. The number of aromatic nitrogens is 8. The molecule has 0 aromatic carbocycles. The monoisotopic (exact) mass is 713 g/mol. The van der Waals surface area contributed by atoms with E-state index in [4.69, 9.17) is 15.6 Å². The number of H-pyrrole nitrogens is 4. The minimum atomic E-state index is -0.479. The van der Waals surface area contributed by atoms with Crippen LogP contribution in [0.25, 0.3) is 22.3 Å². The van der Waals surface area contributed by atoms with Gasteiger partial charge in [0.2, 0.25) is 24.6 Å². The maximum absolute atomic E-state index is 11.5. The number of thioether (sulfide) groups is 2. The highest BCUT2D eigenvalue weighted by atomic mass is 32.2. The highest BCUT2D eigenvalue weighted by molar-refractivity contribution is 7.99. The van der Waals surface area contributed by atoms with Gasteiger partial charge in [-0.25, -0.2) is 30.1 Å². The summed E-state index contributed by atoms with van der Waals surface area (Å²) in [5.41, 5.74) is 2.51. The molecule has 4 amide bonds. The summed E-state index contributed by atoms with van der Waals surface area (Å²) in [6.45, 7) is 1.23. The standard InChI is InChI=1S/C10H12N6O4S.C9H12N6O3S.C4H7NO3/c17-5-16(20)3-6(18)11-1-2-21-10-14-7-8(15-10)12-4-13-9(7)19;16-5(3-13-18)10-1-2-19-9-14-6-7(15-9)11-4-12-8(6)17;1-4(7)2-5(8)3-6/h4-5,20H,1-3H2,(H,11,18)(H2,12,13,14,15,19);4,13,18H,1-3H2,(H,10,16)(H2,11,12,14,15,17);3,8H,2H2,1H3. The van der Waals surface area contributed by atoms with Crippen LogP contribution in [0.1, 0.15) is 6.92 Å². The molecule has 4 rings (SSSR count). The fraction of sp³-hybridized carbons (Fsp3) is 0.348. The molecule has 4 aromatic rings. The van der Waals surface area contributed by atoms with Crippen LogP contribution in [0.15, 0.2) is 32.6 Å². The van der Waals surface area contributed by atoms with Gasteiger partial charge in [-0.3, -0.25) is 44.0 Å². The van der Waals surface area contributed by atoms with E-state index in [1.54, 1.807) is 5.48 Å². The van der Waals surface area contributed by atoms with Crippen molar-refractivity contribution < 1.29 is 39.6 Å². The van der Waals surface area contributed by atoms with Crippen molar-refractivity contribution in [2.24, 2.45) is 0 Å². The first-order chi connectivity index (χ1) is 23.0. The molecule has 0 bridgehead atoms. The van der Waals surface area contributed by atoms with Crippen LogP contribution < -0.4 is 27.2 Å². The van der Waals surface area contributed by atoms with E-state index in [2.05, 4.69) is 50.5 Å². The summed E-state index contributed by atoms with van der Waals surface area (Å²) in [4.78, 5) is 102. The Balaban J connectivity index is 0.000000274. The van der Waals surface area contributed by atoms with Gasteiger partial charge in [0.05, 0.1) is 19.2 Å². The maximum atomic E-state index is 11.5. The lowest BCUT2D eigenvalue weighted by atomic mass is 10.4. The molecule has 0 fully saturated rings. The average Bonchev–Trinajstić information content (AvgIpc) is 3.67. The van der Waals surface area contributed by atoms with Gasteiger partial charge >= 0.3 is 0 Å². The highest BCUT2D eigenvalue weighted by Crippen LogP contribution is 2.15. The van der Waals surface area contributed by atoms with Crippen LogP contribution in [0.5, 0.6) is 0 Å². The first-order valence-corrected chi connectivity index (χ1v) is 15.3. The summed E-state index contributed by atoms with van der Waals surface area (Å²) in [6, 6.07) is 0. The molecule has 0 aliphatic carbocycles. The van der Waals surface area contributed by atoms with E-state index < -0.39 is 12.5 Å². The number of nitrogens with zero attached hydrogens (tertiary/aromatic N) is 6. The molecule has 10 N–H and O–H groups in total. The molecule has 0 aliphatic rings. The zero-order chi connectivity index (χ0) is 35.5. The van der Waals surface area contributed by atoms with E-state index >= 15 is 0 Å². The van der Waals surface area contributed by atoms with Gasteiger partial charge in [-0.1, -0.05) is 23.5 Å². The summed E-state index contributed by atoms with van der Waals surface area (Å²) in [7, 11) is 0. The number of ketones is 1. The number of hydrogen-bond acceptors (Lipinski definition) is 17. The van der Waals surface area contributed by atoms with E-state index in [1.165, 1.54) is 43.1 Å². The molecule has 4 aromatic heterocycles.